The van der Waals surface area contributed by atoms with Crippen molar-refractivity contribution in [1.82, 2.24) is 20.1 Å². The number of rotatable bonds is 8. The van der Waals surface area contributed by atoms with E-state index in [2.05, 4.69) is 27.8 Å². The number of benzene rings is 1. The zero-order valence-corrected chi connectivity index (χ0v) is 15.8. The fourth-order valence-electron chi connectivity index (χ4n) is 2.47. The van der Waals surface area contributed by atoms with Crippen molar-refractivity contribution < 1.29 is 19.1 Å². The summed E-state index contributed by atoms with van der Waals surface area (Å²) in [5.41, 5.74) is 0.507. The molecule has 1 aromatic heterocycles. The summed E-state index contributed by atoms with van der Waals surface area (Å²) in [4.78, 5) is 24.0. The van der Waals surface area contributed by atoms with E-state index in [1.54, 1.807) is 24.5 Å². The molecule has 1 aliphatic rings. The molecule has 3 rings (SSSR count). The lowest BCUT2D eigenvalue weighted by Crippen LogP contribution is -2.35. The number of unbranched alkanes of at least 4 members (excludes halogenated alkanes) is 2. The molecule has 3 amide bonds. The minimum absolute atomic E-state index is 0.0705. The highest BCUT2D eigenvalue weighted by Crippen LogP contribution is 2.34. The number of nitrogens with zero attached hydrogens (tertiary/aromatic N) is 3. The van der Waals surface area contributed by atoms with Crippen LogP contribution in [0.15, 0.2) is 29.7 Å². The van der Waals surface area contributed by atoms with Crippen LogP contribution < -0.4 is 20.1 Å². The lowest BCUT2D eigenvalue weighted by molar-refractivity contribution is -0.117. The first-order chi connectivity index (χ1) is 13.2. The second-order valence-corrected chi connectivity index (χ2v) is 6.82. The van der Waals surface area contributed by atoms with E-state index in [1.807, 2.05) is 4.57 Å². The van der Waals surface area contributed by atoms with E-state index >= 15 is 0 Å². The van der Waals surface area contributed by atoms with Crippen molar-refractivity contribution >= 4 is 29.4 Å². The number of carbonyl (C=O) groups excluding carboxylic acids is 2. The number of hydrogen-bond donors (Lipinski definition) is 2. The minimum Gasteiger partial charge on any atom is -0.454 e. The smallest absolute Gasteiger partial charge is 0.325 e. The van der Waals surface area contributed by atoms with Gasteiger partial charge in [-0.1, -0.05) is 31.5 Å². The summed E-state index contributed by atoms with van der Waals surface area (Å²) in [5, 5.41) is 13.4. The number of imide groups is 1. The van der Waals surface area contributed by atoms with Gasteiger partial charge < -0.3 is 19.4 Å². The molecule has 10 heteroatoms. The monoisotopic (exact) mass is 391 g/mol. The molecule has 2 aromatic rings. The van der Waals surface area contributed by atoms with Gasteiger partial charge >= 0.3 is 6.03 Å². The molecule has 0 saturated carbocycles. The molecule has 1 aromatic carbocycles. The number of aromatic nitrogens is 3. The Hall–Kier alpha value is -2.75. The van der Waals surface area contributed by atoms with E-state index in [0.717, 1.165) is 25.8 Å². The maximum absolute atomic E-state index is 12.0. The zero-order chi connectivity index (χ0) is 19.1. The largest absolute Gasteiger partial charge is 0.454 e. The van der Waals surface area contributed by atoms with Crippen LogP contribution in [0, 0.1) is 0 Å². The van der Waals surface area contributed by atoms with Crippen molar-refractivity contribution in [3.8, 4) is 11.5 Å². The minimum atomic E-state index is -0.608. The first kappa shape index (κ1) is 19.0. The number of hydrogen-bond acceptors (Lipinski definition) is 7. The number of carbonyl (C=O) groups is 2. The van der Waals surface area contributed by atoms with Crippen molar-refractivity contribution in [2.45, 2.75) is 37.9 Å². The summed E-state index contributed by atoms with van der Waals surface area (Å²) in [6.45, 7) is 3.11. The summed E-state index contributed by atoms with van der Waals surface area (Å²) in [7, 11) is 0. The number of urea groups is 1. The Kier molecular flexibility index (Phi) is 6.53. The standard InChI is InChI=1S/C17H21N5O4S/c1-2-3-4-7-22-10-18-21-17(22)27-9-15(23)20-16(24)19-12-5-6-13-14(8-12)26-11-25-13/h5-6,8,10H,2-4,7,9,11H2,1H3,(H2,19,20,23,24). The van der Waals surface area contributed by atoms with Crippen molar-refractivity contribution in [1.29, 1.82) is 0 Å². The van der Waals surface area contributed by atoms with Gasteiger partial charge in [0.25, 0.3) is 0 Å². The highest BCUT2D eigenvalue weighted by Gasteiger charge is 2.15. The van der Waals surface area contributed by atoms with Gasteiger partial charge in [-0.2, -0.15) is 0 Å². The Balaban J connectivity index is 1.44. The third-order valence-electron chi connectivity index (χ3n) is 3.80. The van der Waals surface area contributed by atoms with E-state index in [4.69, 9.17) is 9.47 Å². The summed E-state index contributed by atoms with van der Waals surface area (Å²) >= 11 is 1.25. The molecule has 0 radical (unpaired) electrons. The molecule has 9 nitrogen and oxygen atoms in total. The number of ether oxygens (including phenoxy) is 2. The lowest BCUT2D eigenvalue weighted by atomic mass is 10.2. The van der Waals surface area contributed by atoms with Crippen LogP contribution in [0.2, 0.25) is 0 Å². The molecule has 0 saturated heterocycles. The molecule has 0 aliphatic carbocycles. The van der Waals surface area contributed by atoms with Gasteiger partial charge in [0.15, 0.2) is 16.7 Å². The van der Waals surface area contributed by atoms with E-state index < -0.39 is 11.9 Å². The molecule has 144 valence electrons. The van der Waals surface area contributed by atoms with Crippen LogP contribution in [0.3, 0.4) is 0 Å². The van der Waals surface area contributed by atoms with Gasteiger partial charge in [0, 0.05) is 18.3 Å². The van der Waals surface area contributed by atoms with E-state index in [-0.39, 0.29) is 12.5 Å². The van der Waals surface area contributed by atoms with Crippen LogP contribution in [0.25, 0.3) is 0 Å². The zero-order valence-electron chi connectivity index (χ0n) is 14.9. The second-order valence-electron chi connectivity index (χ2n) is 5.87. The van der Waals surface area contributed by atoms with Crippen LogP contribution in [0.1, 0.15) is 26.2 Å². The highest BCUT2D eigenvalue weighted by molar-refractivity contribution is 7.99. The number of thioether (sulfide) groups is 1. The number of anilines is 1. The normalized spacial score (nSPS) is 12.0. The number of aryl methyl sites for hydroxylation is 1. The van der Waals surface area contributed by atoms with Crippen molar-refractivity contribution in [2.75, 3.05) is 17.9 Å². The van der Waals surface area contributed by atoms with Crippen molar-refractivity contribution in [2.24, 2.45) is 0 Å². The fourth-order valence-corrected chi connectivity index (χ4v) is 3.21. The molecule has 2 heterocycles. The molecule has 0 spiro atoms. The summed E-state index contributed by atoms with van der Waals surface area (Å²) in [6.07, 6.45) is 4.95. The van der Waals surface area contributed by atoms with Crippen LogP contribution in [0.4, 0.5) is 10.5 Å². The van der Waals surface area contributed by atoms with E-state index in [9.17, 15) is 9.59 Å². The number of amides is 3. The van der Waals surface area contributed by atoms with E-state index in [1.165, 1.54) is 11.8 Å². The SMILES string of the molecule is CCCCCn1cnnc1SCC(=O)NC(=O)Nc1ccc2c(c1)OCO2. The van der Waals surface area contributed by atoms with Gasteiger partial charge in [0.2, 0.25) is 12.7 Å². The predicted molar refractivity (Wildman–Crippen MR) is 100.0 cm³/mol. The topological polar surface area (TPSA) is 107 Å². The Labute approximate surface area is 160 Å². The molecule has 0 unspecified atom stereocenters. The average Bonchev–Trinajstić information content (AvgIpc) is 3.28. The van der Waals surface area contributed by atoms with Crippen molar-refractivity contribution in [3.05, 3.63) is 24.5 Å². The van der Waals surface area contributed by atoms with Crippen molar-refractivity contribution in [3.63, 3.8) is 0 Å². The second kappa shape index (κ2) is 9.26. The first-order valence-electron chi connectivity index (χ1n) is 8.67. The van der Waals surface area contributed by atoms with Gasteiger partial charge in [-0.3, -0.25) is 10.1 Å². The van der Waals surface area contributed by atoms with Gasteiger partial charge in [-0.15, -0.1) is 10.2 Å². The van der Waals surface area contributed by atoms with Gasteiger partial charge in [-0.05, 0) is 18.6 Å². The Morgan fingerprint density at radius 1 is 1.26 bits per heavy atom. The average molecular weight is 391 g/mol. The predicted octanol–water partition coefficient (Wildman–Crippen LogP) is 2.64. The number of nitrogens with one attached hydrogen (secondary N) is 2. The van der Waals surface area contributed by atoms with Crippen LogP contribution in [-0.4, -0.2) is 39.2 Å². The molecule has 1 aliphatic heterocycles. The molecule has 0 atom stereocenters. The number of fused-ring (bicyclic) bond motifs is 1. The Morgan fingerprint density at radius 3 is 2.96 bits per heavy atom. The summed E-state index contributed by atoms with van der Waals surface area (Å²) in [6, 6.07) is 4.40. The maximum atomic E-state index is 12.0. The molecule has 0 bridgehead atoms. The summed E-state index contributed by atoms with van der Waals surface area (Å²) in [5.74, 6) is 0.830. The van der Waals surface area contributed by atoms with Gasteiger partial charge in [-0.25, -0.2) is 4.79 Å². The first-order valence-corrected chi connectivity index (χ1v) is 9.65. The third-order valence-corrected chi connectivity index (χ3v) is 4.78. The quantitative estimate of drug-likeness (QED) is 0.526. The molecule has 0 fully saturated rings. The lowest BCUT2D eigenvalue weighted by Gasteiger charge is -2.08. The third kappa shape index (κ3) is 5.36. The fraction of sp³-hybridized carbons (Fsp3) is 0.412. The molecular weight excluding hydrogens is 370 g/mol. The molecule has 2 N–H and O–H groups in total. The molecular formula is C17H21N5O4S. The summed E-state index contributed by atoms with van der Waals surface area (Å²) < 4.78 is 12.4. The van der Waals surface area contributed by atoms with Crippen LogP contribution >= 0.6 is 11.8 Å². The van der Waals surface area contributed by atoms with Gasteiger partial charge in [0.1, 0.15) is 6.33 Å². The Morgan fingerprint density at radius 2 is 2.11 bits per heavy atom. The molecule has 27 heavy (non-hydrogen) atoms. The van der Waals surface area contributed by atoms with E-state index in [0.29, 0.717) is 22.3 Å². The maximum Gasteiger partial charge on any atom is 0.325 e. The van der Waals surface area contributed by atoms with Crippen LogP contribution in [-0.2, 0) is 11.3 Å². The Bertz CT molecular complexity index is 810. The highest BCUT2D eigenvalue weighted by atomic mass is 32.2. The van der Waals surface area contributed by atoms with Gasteiger partial charge in [0.05, 0.1) is 5.75 Å². The van der Waals surface area contributed by atoms with Crippen LogP contribution in [0.5, 0.6) is 11.5 Å².